The zero-order valence-corrected chi connectivity index (χ0v) is 17.9. The van der Waals surface area contributed by atoms with E-state index in [1.54, 1.807) is 47.9 Å². The Morgan fingerprint density at radius 2 is 2.09 bits per heavy atom. The van der Waals surface area contributed by atoms with Crippen LogP contribution in [0.4, 0.5) is 14.5 Å². The van der Waals surface area contributed by atoms with E-state index in [1.807, 2.05) is 6.92 Å². The van der Waals surface area contributed by atoms with Gasteiger partial charge >= 0.3 is 0 Å². The van der Waals surface area contributed by atoms with Gasteiger partial charge in [-0.15, -0.1) is 0 Å². The van der Waals surface area contributed by atoms with Crippen molar-refractivity contribution in [2.45, 2.75) is 44.6 Å². The first-order valence-corrected chi connectivity index (χ1v) is 10.5. The third-order valence-corrected chi connectivity index (χ3v) is 5.87. The fourth-order valence-electron chi connectivity index (χ4n) is 3.85. The van der Waals surface area contributed by atoms with Crippen molar-refractivity contribution in [2.75, 3.05) is 5.32 Å². The van der Waals surface area contributed by atoms with Crippen LogP contribution in [0.15, 0.2) is 47.2 Å². The SMILES string of the molecule is Cc1ccc(-c2noc(C3CC(F)(F)C3)n2)cc1NC(=O)c1cnc2ccc(C(C)O)cn12. The summed E-state index contributed by atoms with van der Waals surface area (Å²) in [6.45, 7) is 3.49. The molecule has 4 aromatic rings. The molecule has 1 unspecified atom stereocenters. The number of aryl methyl sites for hydroxylation is 1. The minimum absolute atomic E-state index is 0.196. The number of benzene rings is 1. The molecule has 0 spiro atoms. The molecule has 33 heavy (non-hydrogen) atoms. The lowest BCUT2D eigenvalue weighted by atomic mass is 9.81. The fraction of sp³-hybridized carbons (Fsp3) is 0.304. The normalized spacial score (nSPS) is 16.5. The first-order chi connectivity index (χ1) is 15.7. The number of rotatable bonds is 5. The molecule has 8 nitrogen and oxygen atoms in total. The standard InChI is InChI=1S/C23H21F2N5O3/c1-12-3-4-14(20-28-22(33-29-20)16-8-23(24,25)9-16)7-17(12)27-21(32)18-10-26-19-6-5-15(13(2)31)11-30(18)19/h3-7,10-11,13,16,31H,8-9H2,1-2H3,(H,27,32). The Kier molecular flexibility index (Phi) is 4.97. The van der Waals surface area contributed by atoms with Crippen molar-refractivity contribution in [1.82, 2.24) is 19.5 Å². The summed E-state index contributed by atoms with van der Waals surface area (Å²) in [6.07, 6.45) is 1.88. The number of halogens is 2. The number of fused-ring (bicyclic) bond motifs is 1. The number of carbonyl (C=O) groups excluding carboxylic acids is 1. The van der Waals surface area contributed by atoms with Gasteiger partial charge in [-0.3, -0.25) is 9.20 Å². The number of hydrogen-bond donors (Lipinski definition) is 2. The molecular weight excluding hydrogens is 432 g/mol. The Balaban J connectivity index is 1.39. The summed E-state index contributed by atoms with van der Waals surface area (Å²) in [6, 6.07) is 8.78. The zero-order chi connectivity index (χ0) is 23.3. The van der Waals surface area contributed by atoms with E-state index in [2.05, 4.69) is 20.4 Å². The summed E-state index contributed by atoms with van der Waals surface area (Å²) in [7, 11) is 0. The number of carbonyl (C=O) groups is 1. The molecule has 10 heteroatoms. The monoisotopic (exact) mass is 453 g/mol. The average Bonchev–Trinajstić information content (AvgIpc) is 3.40. The molecule has 0 radical (unpaired) electrons. The topological polar surface area (TPSA) is 106 Å². The van der Waals surface area contributed by atoms with Crippen LogP contribution in [0.1, 0.15) is 59.3 Å². The summed E-state index contributed by atoms with van der Waals surface area (Å²) in [5, 5.41) is 16.7. The summed E-state index contributed by atoms with van der Waals surface area (Å²) >= 11 is 0. The quantitative estimate of drug-likeness (QED) is 0.461. The van der Waals surface area contributed by atoms with Gasteiger partial charge < -0.3 is 14.9 Å². The zero-order valence-electron chi connectivity index (χ0n) is 17.9. The number of hydrogen-bond acceptors (Lipinski definition) is 6. The van der Waals surface area contributed by atoms with Crippen molar-refractivity contribution in [1.29, 1.82) is 0 Å². The number of nitrogens with one attached hydrogen (secondary N) is 1. The first-order valence-electron chi connectivity index (χ1n) is 10.5. The van der Waals surface area contributed by atoms with E-state index in [-0.39, 0.29) is 30.5 Å². The highest BCUT2D eigenvalue weighted by Gasteiger charge is 2.48. The van der Waals surface area contributed by atoms with Crippen LogP contribution in [-0.4, -0.2) is 36.5 Å². The number of aromatic nitrogens is 4. The van der Waals surface area contributed by atoms with Crippen LogP contribution in [0.25, 0.3) is 17.0 Å². The highest BCUT2D eigenvalue weighted by molar-refractivity contribution is 6.04. The van der Waals surface area contributed by atoms with Gasteiger partial charge in [0.25, 0.3) is 5.91 Å². The minimum atomic E-state index is -2.67. The van der Waals surface area contributed by atoms with Gasteiger partial charge in [0, 0.05) is 36.2 Å². The van der Waals surface area contributed by atoms with E-state index in [0.29, 0.717) is 28.2 Å². The van der Waals surface area contributed by atoms with Gasteiger partial charge in [0.1, 0.15) is 11.3 Å². The van der Waals surface area contributed by atoms with Gasteiger partial charge in [-0.05, 0) is 37.1 Å². The lowest BCUT2D eigenvalue weighted by Crippen LogP contribution is -2.33. The van der Waals surface area contributed by atoms with E-state index in [1.165, 1.54) is 6.20 Å². The molecule has 1 fully saturated rings. The molecule has 3 aromatic heterocycles. The van der Waals surface area contributed by atoms with Gasteiger partial charge in [0.15, 0.2) is 0 Å². The molecule has 1 atom stereocenters. The predicted molar refractivity (Wildman–Crippen MR) is 115 cm³/mol. The lowest BCUT2D eigenvalue weighted by molar-refractivity contribution is -0.0925. The number of imidazole rings is 1. The van der Waals surface area contributed by atoms with Crippen molar-refractivity contribution < 1.29 is 23.2 Å². The molecule has 1 saturated carbocycles. The summed E-state index contributed by atoms with van der Waals surface area (Å²) in [5.41, 5.74) is 3.49. The Morgan fingerprint density at radius 3 is 2.82 bits per heavy atom. The van der Waals surface area contributed by atoms with Gasteiger partial charge in [-0.2, -0.15) is 4.98 Å². The Morgan fingerprint density at radius 1 is 1.30 bits per heavy atom. The maximum atomic E-state index is 13.1. The second kappa shape index (κ2) is 7.73. The lowest BCUT2D eigenvalue weighted by Gasteiger charge is -2.31. The van der Waals surface area contributed by atoms with Crippen LogP contribution < -0.4 is 5.32 Å². The smallest absolute Gasteiger partial charge is 0.274 e. The van der Waals surface area contributed by atoms with Crippen molar-refractivity contribution in [3.8, 4) is 11.4 Å². The van der Waals surface area contributed by atoms with Gasteiger partial charge in [0.05, 0.1) is 12.3 Å². The van der Waals surface area contributed by atoms with Gasteiger partial charge in [-0.25, -0.2) is 13.8 Å². The number of amides is 1. The minimum Gasteiger partial charge on any atom is -0.389 e. The third-order valence-electron chi connectivity index (χ3n) is 5.87. The number of aliphatic hydroxyl groups excluding tert-OH is 1. The van der Waals surface area contributed by atoms with Crippen LogP contribution in [0, 0.1) is 6.92 Å². The third kappa shape index (κ3) is 3.97. The van der Waals surface area contributed by atoms with Crippen LogP contribution in [-0.2, 0) is 0 Å². The second-order valence-electron chi connectivity index (χ2n) is 8.41. The fourth-order valence-corrected chi connectivity index (χ4v) is 3.85. The molecule has 0 aliphatic heterocycles. The summed E-state index contributed by atoms with van der Waals surface area (Å²) < 4.78 is 33.1. The molecule has 1 aromatic carbocycles. The highest BCUT2D eigenvalue weighted by atomic mass is 19.3. The molecule has 0 bridgehead atoms. The average molecular weight is 453 g/mol. The second-order valence-corrected chi connectivity index (χ2v) is 8.41. The van der Waals surface area contributed by atoms with Crippen LogP contribution in [0.2, 0.25) is 0 Å². The van der Waals surface area contributed by atoms with E-state index < -0.39 is 17.9 Å². The molecule has 3 heterocycles. The molecule has 5 rings (SSSR count). The Hall–Kier alpha value is -3.66. The van der Waals surface area contributed by atoms with Crippen LogP contribution >= 0.6 is 0 Å². The van der Waals surface area contributed by atoms with Gasteiger partial charge in [-0.1, -0.05) is 23.4 Å². The Bertz CT molecular complexity index is 1350. The molecule has 0 saturated heterocycles. The number of anilines is 1. The Labute approximate surface area is 187 Å². The van der Waals surface area contributed by atoms with E-state index in [4.69, 9.17) is 4.52 Å². The number of aliphatic hydroxyl groups is 1. The molecule has 170 valence electrons. The van der Waals surface area contributed by atoms with Crippen molar-refractivity contribution in [2.24, 2.45) is 0 Å². The molecule has 1 aliphatic carbocycles. The highest BCUT2D eigenvalue weighted by Crippen LogP contribution is 2.48. The number of nitrogens with zero attached hydrogens (tertiary/aromatic N) is 4. The molecule has 1 amide bonds. The summed E-state index contributed by atoms with van der Waals surface area (Å²) in [4.78, 5) is 21.5. The summed E-state index contributed by atoms with van der Waals surface area (Å²) in [5.74, 6) is -3.02. The van der Waals surface area contributed by atoms with Crippen LogP contribution in [0.5, 0.6) is 0 Å². The maximum Gasteiger partial charge on any atom is 0.274 e. The van der Waals surface area contributed by atoms with Crippen LogP contribution in [0.3, 0.4) is 0 Å². The number of pyridine rings is 1. The van der Waals surface area contributed by atoms with E-state index in [9.17, 15) is 18.7 Å². The first kappa shape index (κ1) is 21.2. The number of alkyl halides is 2. The maximum absolute atomic E-state index is 13.1. The van der Waals surface area contributed by atoms with E-state index >= 15 is 0 Å². The van der Waals surface area contributed by atoms with E-state index in [0.717, 1.165) is 5.56 Å². The van der Waals surface area contributed by atoms with Gasteiger partial charge in [0.2, 0.25) is 17.6 Å². The molecular formula is C23H21F2N5O3. The van der Waals surface area contributed by atoms with Crippen molar-refractivity contribution >= 4 is 17.2 Å². The van der Waals surface area contributed by atoms with Crippen molar-refractivity contribution in [3.63, 3.8) is 0 Å². The van der Waals surface area contributed by atoms with Crippen molar-refractivity contribution in [3.05, 3.63) is 65.4 Å². The largest absolute Gasteiger partial charge is 0.389 e. The molecule has 2 N–H and O–H groups in total. The predicted octanol–water partition coefficient (Wildman–Crippen LogP) is 4.51. The molecule has 1 aliphatic rings.